The first-order valence-electron chi connectivity index (χ1n) is 10.2. The number of ether oxygens (including phenoxy) is 3. The Morgan fingerprint density at radius 3 is 2.08 bits per heavy atom. The fraction of sp³-hybridized carbons (Fsp3) is 0.682. The minimum atomic E-state index is -0.383. The van der Waals surface area contributed by atoms with Gasteiger partial charge < -0.3 is 14.2 Å². The number of rotatable bonds is 16. The lowest BCUT2D eigenvalue weighted by Gasteiger charge is -2.10. The molecule has 0 aliphatic heterocycles. The highest BCUT2D eigenvalue weighted by atomic mass is 16.5. The van der Waals surface area contributed by atoms with Crippen LogP contribution in [-0.2, 0) is 9.47 Å². The van der Waals surface area contributed by atoms with E-state index >= 15 is 0 Å². The molecule has 0 saturated heterocycles. The fourth-order valence-corrected chi connectivity index (χ4v) is 2.88. The highest BCUT2D eigenvalue weighted by molar-refractivity contribution is 5.92. The van der Waals surface area contributed by atoms with Gasteiger partial charge in [0.2, 0.25) is 0 Å². The van der Waals surface area contributed by atoms with Gasteiger partial charge in [-0.15, -0.1) is 0 Å². The largest absolute Gasteiger partial charge is 0.490 e. The van der Waals surface area contributed by atoms with E-state index in [0.29, 0.717) is 24.5 Å². The summed E-state index contributed by atoms with van der Waals surface area (Å²) in [5.41, 5.74) is 0.449. The number of para-hydroxylation sites is 1. The number of benzene rings is 1. The predicted octanol–water partition coefficient (Wildman–Crippen LogP) is 5.79. The molecule has 0 spiro atoms. The Balaban J connectivity index is 1.95. The van der Waals surface area contributed by atoms with E-state index in [1.165, 1.54) is 64.9 Å². The summed E-state index contributed by atoms with van der Waals surface area (Å²) in [5, 5.41) is 0. The molecule has 0 saturated carbocycles. The molecule has 148 valence electrons. The van der Waals surface area contributed by atoms with Crippen LogP contribution in [0.1, 0.15) is 81.5 Å². The zero-order chi connectivity index (χ0) is 18.9. The first kappa shape index (κ1) is 22.5. The number of hydrogen-bond donors (Lipinski definition) is 0. The van der Waals surface area contributed by atoms with Crippen LogP contribution in [0.3, 0.4) is 0 Å². The summed E-state index contributed by atoms with van der Waals surface area (Å²) in [4.78, 5) is 11.6. The van der Waals surface area contributed by atoms with E-state index in [2.05, 4.69) is 6.92 Å². The molecular formula is C22H36O4. The van der Waals surface area contributed by atoms with Crippen molar-refractivity contribution >= 4 is 5.97 Å². The summed E-state index contributed by atoms with van der Waals surface area (Å²) in [6.45, 7) is 4.01. The number of unbranched alkanes of at least 4 members (excludes halogenated alkanes) is 9. The van der Waals surface area contributed by atoms with Crippen molar-refractivity contribution in [1.82, 2.24) is 0 Å². The van der Waals surface area contributed by atoms with Crippen molar-refractivity contribution in [3.63, 3.8) is 0 Å². The van der Waals surface area contributed by atoms with Crippen LogP contribution in [0, 0.1) is 0 Å². The number of methoxy groups -OCH3 is 1. The standard InChI is InChI=1S/C22H36O4/c1-3-4-5-6-7-8-9-10-11-14-17-25-18-19-26-21-16-13-12-15-20(21)22(23)24-2/h12-13,15-16H,3-11,14,17-19H2,1-2H3. The molecule has 0 bridgehead atoms. The van der Waals surface area contributed by atoms with Crippen molar-refractivity contribution in [3.8, 4) is 5.75 Å². The third-order valence-electron chi connectivity index (χ3n) is 4.42. The van der Waals surface area contributed by atoms with Crippen LogP contribution in [0.2, 0.25) is 0 Å². The van der Waals surface area contributed by atoms with Gasteiger partial charge in [0.15, 0.2) is 0 Å². The molecule has 0 radical (unpaired) electrons. The van der Waals surface area contributed by atoms with Gasteiger partial charge in [-0.2, -0.15) is 0 Å². The van der Waals surface area contributed by atoms with Crippen molar-refractivity contribution in [2.75, 3.05) is 26.9 Å². The lowest BCUT2D eigenvalue weighted by atomic mass is 10.1. The SMILES string of the molecule is CCCCCCCCCCCCOCCOc1ccccc1C(=O)OC. The first-order chi connectivity index (χ1) is 12.8. The maximum Gasteiger partial charge on any atom is 0.341 e. The lowest BCUT2D eigenvalue weighted by molar-refractivity contribution is 0.0590. The van der Waals surface area contributed by atoms with Crippen molar-refractivity contribution in [3.05, 3.63) is 29.8 Å². The molecule has 0 aliphatic rings. The molecule has 0 amide bonds. The number of carbonyl (C=O) groups excluding carboxylic acids is 1. The van der Waals surface area contributed by atoms with E-state index in [0.717, 1.165) is 13.0 Å². The smallest absolute Gasteiger partial charge is 0.341 e. The topological polar surface area (TPSA) is 44.8 Å². The second-order valence-electron chi connectivity index (χ2n) is 6.63. The highest BCUT2D eigenvalue weighted by Crippen LogP contribution is 2.18. The predicted molar refractivity (Wildman–Crippen MR) is 106 cm³/mol. The summed E-state index contributed by atoms with van der Waals surface area (Å²) >= 11 is 0. The quantitative estimate of drug-likeness (QED) is 0.275. The Morgan fingerprint density at radius 1 is 0.808 bits per heavy atom. The molecular weight excluding hydrogens is 328 g/mol. The van der Waals surface area contributed by atoms with Gasteiger partial charge in [-0.3, -0.25) is 0 Å². The Kier molecular flexibility index (Phi) is 13.6. The van der Waals surface area contributed by atoms with Gasteiger partial charge in [-0.05, 0) is 18.6 Å². The Bertz CT molecular complexity index is 473. The fourth-order valence-electron chi connectivity index (χ4n) is 2.88. The minimum absolute atomic E-state index is 0.383. The molecule has 4 nitrogen and oxygen atoms in total. The van der Waals surface area contributed by atoms with Crippen LogP contribution in [0.25, 0.3) is 0 Å². The molecule has 0 aliphatic carbocycles. The van der Waals surface area contributed by atoms with Crippen LogP contribution in [0.5, 0.6) is 5.75 Å². The average molecular weight is 365 g/mol. The van der Waals surface area contributed by atoms with Crippen molar-refractivity contribution in [1.29, 1.82) is 0 Å². The molecule has 0 heterocycles. The van der Waals surface area contributed by atoms with E-state index in [4.69, 9.17) is 14.2 Å². The van der Waals surface area contributed by atoms with E-state index in [-0.39, 0.29) is 5.97 Å². The van der Waals surface area contributed by atoms with Gasteiger partial charge in [0.1, 0.15) is 17.9 Å². The summed E-state index contributed by atoms with van der Waals surface area (Å²) in [5.74, 6) is 0.161. The van der Waals surface area contributed by atoms with Gasteiger partial charge in [0.25, 0.3) is 0 Å². The summed E-state index contributed by atoms with van der Waals surface area (Å²) in [6, 6.07) is 7.10. The lowest BCUT2D eigenvalue weighted by Crippen LogP contribution is -2.10. The second kappa shape index (κ2) is 15.7. The van der Waals surface area contributed by atoms with E-state index in [9.17, 15) is 4.79 Å². The number of carbonyl (C=O) groups is 1. The first-order valence-corrected chi connectivity index (χ1v) is 10.2. The zero-order valence-corrected chi connectivity index (χ0v) is 16.6. The Labute approximate surface area is 159 Å². The molecule has 1 aromatic carbocycles. The van der Waals surface area contributed by atoms with Gasteiger partial charge in [-0.25, -0.2) is 4.79 Å². The third kappa shape index (κ3) is 10.4. The molecule has 4 heteroatoms. The van der Waals surface area contributed by atoms with Crippen molar-refractivity contribution in [2.24, 2.45) is 0 Å². The van der Waals surface area contributed by atoms with E-state index < -0.39 is 0 Å². The maximum atomic E-state index is 11.6. The molecule has 0 aromatic heterocycles. The minimum Gasteiger partial charge on any atom is -0.490 e. The van der Waals surface area contributed by atoms with Crippen molar-refractivity contribution < 1.29 is 19.0 Å². The van der Waals surface area contributed by atoms with E-state index in [1.54, 1.807) is 18.2 Å². The zero-order valence-electron chi connectivity index (χ0n) is 16.6. The van der Waals surface area contributed by atoms with Crippen LogP contribution < -0.4 is 4.74 Å². The molecule has 26 heavy (non-hydrogen) atoms. The molecule has 1 rings (SSSR count). The monoisotopic (exact) mass is 364 g/mol. The Hall–Kier alpha value is -1.55. The molecule has 0 atom stereocenters. The van der Waals surface area contributed by atoms with Crippen molar-refractivity contribution in [2.45, 2.75) is 71.1 Å². The molecule has 0 fully saturated rings. The molecule has 1 aromatic rings. The van der Waals surface area contributed by atoms with E-state index in [1.807, 2.05) is 6.07 Å². The van der Waals surface area contributed by atoms with Crippen LogP contribution >= 0.6 is 0 Å². The number of hydrogen-bond acceptors (Lipinski definition) is 4. The summed E-state index contributed by atoms with van der Waals surface area (Å²) in [7, 11) is 1.37. The summed E-state index contributed by atoms with van der Waals surface area (Å²) in [6.07, 6.45) is 13.3. The van der Waals surface area contributed by atoms with Gasteiger partial charge in [-0.1, -0.05) is 76.8 Å². The van der Waals surface area contributed by atoms with Gasteiger partial charge in [0.05, 0.1) is 13.7 Å². The normalized spacial score (nSPS) is 10.7. The van der Waals surface area contributed by atoms with Crippen LogP contribution in [0.15, 0.2) is 24.3 Å². The highest BCUT2D eigenvalue weighted by Gasteiger charge is 2.11. The Morgan fingerprint density at radius 2 is 1.42 bits per heavy atom. The molecule has 0 N–H and O–H groups in total. The maximum absolute atomic E-state index is 11.6. The van der Waals surface area contributed by atoms with Gasteiger partial charge >= 0.3 is 5.97 Å². The average Bonchev–Trinajstić information content (AvgIpc) is 2.68. The van der Waals surface area contributed by atoms with Gasteiger partial charge in [0, 0.05) is 6.61 Å². The second-order valence-corrected chi connectivity index (χ2v) is 6.63. The van der Waals surface area contributed by atoms with Crippen LogP contribution in [-0.4, -0.2) is 32.9 Å². The summed E-state index contributed by atoms with van der Waals surface area (Å²) < 4.78 is 16.0. The third-order valence-corrected chi connectivity index (χ3v) is 4.42. The molecule has 0 unspecified atom stereocenters. The van der Waals surface area contributed by atoms with Crippen LogP contribution in [0.4, 0.5) is 0 Å². The number of esters is 1.